The van der Waals surface area contributed by atoms with E-state index in [1.807, 2.05) is 18.3 Å². The summed E-state index contributed by atoms with van der Waals surface area (Å²) in [5, 5.41) is 4.06. The Morgan fingerprint density at radius 2 is 2.16 bits per heavy atom. The SMILES string of the molecule is Fc1cnc2c(c1)C(c1ccn3ncnc3c1)=CC2. The monoisotopic (exact) mass is 252 g/mol. The van der Waals surface area contributed by atoms with Gasteiger partial charge in [0.05, 0.1) is 11.9 Å². The minimum atomic E-state index is -0.310. The maximum Gasteiger partial charge on any atom is 0.155 e. The van der Waals surface area contributed by atoms with Gasteiger partial charge in [0.2, 0.25) is 0 Å². The highest BCUT2D eigenvalue weighted by molar-refractivity contribution is 5.84. The van der Waals surface area contributed by atoms with Crippen LogP contribution < -0.4 is 0 Å². The molecular formula is C14H9FN4. The van der Waals surface area contributed by atoms with Crippen molar-refractivity contribution in [2.75, 3.05) is 0 Å². The Balaban J connectivity index is 1.88. The lowest BCUT2D eigenvalue weighted by Gasteiger charge is -2.06. The first-order chi connectivity index (χ1) is 9.31. The van der Waals surface area contributed by atoms with Crippen LogP contribution in [-0.2, 0) is 6.42 Å². The molecule has 0 aromatic carbocycles. The van der Waals surface area contributed by atoms with Crippen LogP contribution >= 0.6 is 0 Å². The number of fused-ring (bicyclic) bond motifs is 2. The number of hydrogen-bond donors (Lipinski definition) is 0. The second-order valence-corrected chi connectivity index (χ2v) is 4.45. The topological polar surface area (TPSA) is 43.1 Å². The van der Waals surface area contributed by atoms with E-state index in [1.54, 1.807) is 4.52 Å². The first-order valence-electron chi connectivity index (χ1n) is 5.96. The molecule has 0 bridgehead atoms. The molecular weight excluding hydrogens is 243 g/mol. The van der Waals surface area contributed by atoms with Gasteiger partial charge in [0.1, 0.15) is 12.1 Å². The molecule has 4 nitrogen and oxygen atoms in total. The summed E-state index contributed by atoms with van der Waals surface area (Å²) in [4.78, 5) is 8.29. The molecule has 0 N–H and O–H groups in total. The molecule has 0 unspecified atom stereocenters. The predicted molar refractivity (Wildman–Crippen MR) is 68.0 cm³/mol. The van der Waals surface area contributed by atoms with Crippen LogP contribution in [0.15, 0.2) is 43.0 Å². The summed E-state index contributed by atoms with van der Waals surface area (Å²) in [7, 11) is 0. The molecule has 5 heteroatoms. The molecule has 1 aliphatic rings. The molecule has 92 valence electrons. The van der Waals surface area contributed by atoms with Crippen LogP contribution in [0.4, 0.5) is 4.39 Å². The van der Waals surface area contributed by atoms with Gasteiger partial charge in [-0.1, -0.05) is 6.08 Å². The molecule has 0 aliphatic heterocycles. The normalized spacial score (nSPS) is 13.6. The number of aromatic nitrogens is 4. The summed E-state index contributed by atoms with van der Waals surface area (Å²) < 4.78 is 15.0. The Labute approximate surface area is 108 Å². The van der Waals surface area contributed by atoms with E-state index in [0.29, 0.717) is 0 Å². The average molecular weight is 252 g/mol. The van der Waals surface area contributed by atoms with Crippen LogP contribution in [0.1, 0.15) is 16.8 Å². The summed E-state index contributed by atoms with van der Waals surface area (Å²) in [6, 6.07) is 5.43. The second kappa shape index (κ2) is 3.71. The smallest absolute Gasteiger partial charge is 0.155 e. The highest BCUT2D eigenvalue weighted by Gasteiger charge is 2.18. The molecule has 3 aromatic rings. The molecule has 1 aliphatic carbocycles. The zero-order valence-electron chi connectivity index (χ0n) is 9.92. The number of halogens is 1. The van der Waals surface area contributed by atoms with Crippen LogP contribution in [-0.4, -0.2) is 19.6 Å². The summed E-state index contributed by atoms with van der Waals surface area (Å²) in [6.45, 7) is 0. The van der Waals surface area contributed by atoms with Crippen molar-refractivity contribution in [3.05, 3.63) is 65.6 Å². The Morgan fingerprint density at radius 1 is 1.21 bits per heavy atom. The summed E-state index contributed by atoms with van der Waals surface area (Å²) in [5.74, 6) is -0.310. The standard InChI is InChI=1S/C14H9FN4/c15-10-6-12-11(1-2-13(12)16-7-10)9-3-4-19-14(5-9)17-8-18-19/h1,3-8H,2H2. The third-order valence-electron chi connectivity index (χ3n) is 3.32. The quantitative estimate of drug-likeness (QED) is 0.667. The van der Waals surface area contributed by atoms with Crippen LogP contribution in [0, 0.1) is 5.82 Å². The fourth-order valence-electron chi connectivity index (χ4n) is 2.43. The number of allylic oxidation sites excluding steroid dienone is 1. The van der Waals surface area contributed by atoms with E-state index in [9.17, 15) is 4.39 Å². The van der Waals surface area contributed by atoms with Crippen LogP contribution in [0.3, 0.4) is 0 Å². The van der Waals surface area contributed by atoms with E-state index < -0.39 is 0 Å². The van der Waals surface area contributed by atoms with Crippen molar-refractivity contribution < 1.29 is 4.39 Å². The van der Waals surface area contributed by atoms with Gasteiger partial charge in [-0.3, -0.25) is 4.98 Å². The Bertz CT molecular complexity index is 819. The van der Waals surface area contributed by atoms with E-state index in [1.165, 1.54) is 18.6 Å². The lowest BCUT2D eigenvalue weighted by Crippen LogP contribution is -1.94. The molecule has 0 radical (unpaired) electrons. The third-order valence-corrected chi connectivity index (χ3v) is 3.32. The van der Waals surface area contributed by atoms with Gasteiger partial charge < -0.3 is 0 Å². The van der Waals surface area contributed by atoms with Crippen molar-refractivity contribution >= 4 is 11.2 Å². The number of rotatable bonds is 1. The lowest BCUT2D eigenvalue weighted by molar-refractivity contribution is 0.619. The average Bonchev–Trinajstić information content (AvgIpc) is 3.03. The van der Waals surface area contributed by atoms with Crippen LogP contribution in [0.25, 0.3) is 11.2 Å². The van der Waals surface area contributed by atoms with Gasteiger partial charge in [-0.15, -0.1) is 0 Å². The van der Waals surface area contributed by atoms with Crippen molar-refractivity contribution in [1.29, 1.82) is 0 Å². The van der Waals surface area contributed by atoms with Gasteiger partial charge in [0.25, 0.3) is 0 Å². The van der Waals surface area contributed by atoms with Crippen molar-refractivity contribution in [2.45, 2.75) is 6.42 Å². The van der Waals surface area contributed by atoms with E-state index in [4.69, 9.17) is 0 Å². The molecule has 3 heterocycles. The van der Waals surface area contributed by atoms with Gasteiger partial charge in [-0.2, -0.15) is 5.10 Å². The van der Waals surface area contributed by atoms with Crippen molar-refractivity contribution in [2.24, 2.45) is 0 Å². The highest BCUT2D eigenvalue weighted by atomic mass is 19.1. The maximum absolute atomic E-state index is 13.3. The number of hydrogen-bond acceptors (Lipinski definition) is 3. The van der Waals surface area contributed by atoms with Crippen molar-refractivity contribution in [3.63, 3.8) is 0 Å². The zero-order valence-corrected chi connectivity index (χ0v) is 9.92. The molecule has 0 saturated carbocycles. The Morgan fingerprint density at radius 3 is 3.11 bits per heavy atom. The fraction of sp³-hybridized carbons (Fsp3) is 0.0714. The van der Waals surface area contributed by atoms with Crippen LogP contribution in [0.2, 0.25) is 0 Å². The molecule has 19 heavy (non-hydrogen) atoms. The van der Waals surface area contributed by atoms with Gasteiger partial charge >= 0.3 is 0 Å². The fourth-order valence-corrected chi connectivity index (χ4v) is 2.43. The van der Waals surface area contributed by atoms with E-state index in [0.717, 1.165) is 34.5 Å². The van der Waals surface area contributed by atoms with Crippen molar-refractivity contribution in [3.8, 4) is 0 Å². The second-order valence-electron chi connectivity index (χ2n) is 4.45. The Kier molecular flexibility index (Phi) is 2.03. The number of nitrogens with zero attached hydrogens (tertiary/aromatic N) is 4. The summed E-state index contributed by atoms with van der Waals surface area (Å²) in [5.41, 5.74) is 4.57. The summed E-state index contributed by atoms with van der Waals surface area (Å²) >= 11 is 0. The molecule has 3 aromatic heterocycles. The van der Waals surface area contributed by atoms with Gasteiger partial charge in [0.15, 0.2) is 5.65 Å². The third kappa shape index (κ3) is 1.55. The Hall–Kier alpha value is -2.56. The van der Waals surface area contributed by atoms with E-state index in [2.05, 4.69) is 21.1 Å². The minimum absolute atomic E-state index is 0.310. The molecule has 0 saturated heterocycles. The first-order valence-corrected chi connectivity index (χ1v) is 5.96. The van der Waals surface area contributed by atoms with Crippen molar-refractivity contribution in [1.82, 2.24) is 19.6 Å². The van der Waals surface area contributed by atoms with Crippen LogP contribution in [0.5, 0.6) is 0 Å². The largest absolute Gasteiger partial charge is 0.257 e. The van der Waals surface area contributed by atoms with Gasteiger partial charge in [-0.05, 0) is 29.3 Å². The van der Waals surface area contributed by atoms with Gasteiger partial charge in [-0.25, -0.2) is 13.9 Å². The molecule has 0 spiro atoms. The lowest BCUT2D eigenvalue weighted by atomic mass is 10.0. The highest BCUT2D eigenvalue weighted by Crippen LogP contribution is 2.32. The molecule has 0 fully saturated rings. The molecule has 4 rings (SSSR count). The van der Waals surface area contributed by atoms with Gasteiger partial charge in [0, 0.05) is 18.2 Å². The first kappa shape index (κ1) is 10.4. The summed E-state index contributed by atoms with van der Waals surface area (Å²) in [6.07, 6.45) is 7.43. The van der Waals surface area contributed by atoms with E-state index in [-0.39, 0.29) is 5.82 Å². The minimum Gasteiger partial charge on any atom is -0.257 e. The molecule has 0 atom stereocenters. The zero-order chi connectivity index (χ0) is 12.8. The maximum atomic E-state index is 13.3. The van der Waals surface area contributed by atoms with E-state index >= 15 is 0 Å². The number of pyridine rings is 2. The predicted octanol–water partition coefficient (Wildman–Crippen LogP) is 2.25. The molecule has 0 amide bonds.